The van der Waals surface area contributed by atoms with E-state index < -0.39 is 0 Å². The third kappa shape index (κ3) is 0.614. The minimum atomic E-state index is 1.14. The van der Waals surface area contributed by atoms with Crippen molar-refractivity contribution in [2.45, 2.75) is 0 Å². The molecule has 0 atom stereocenters. The maximum Gasteiger partial charge on any atom is 0.202 e. The highest BCUT2D eigenvalue weighted by atomic mass is 16.7. The molecule has 1 N–H and O–H groups in total. The zero-order valence-corrected chi connectivity index (χ0v) is 3.46. The van der Waals surface area contributed by atoms with Crippen LogP contribution in [0.2, 0.25) is 0 Å². The standard InChI is InChI=1S/C3H3N3O/c4-3-6-1-2-7-5-6/h1-2,5H. The number of hydrazine groups is 1. The van der Waals surface area contributed by atoms with Gasteiger partial charge < -0.3 is 4.84 Å². The molecule has 4 nitrogen and oxygen atoms in total. The Morgan fingerprint density at radius 3 is 3.00 bits per heavy atom. The Kier molecular flexibility index (Phi) is 0.845. The molecule has 1 rings (SSSR count). The quantitative estimate of drug-likeness (QED) is 0.421. The molecule has 0 aromatic carbocycles. The summed E-state index contributed by atoms with van der Waals surface area (Å²) in [7, 11) is 0. The molecule has 0 unspecified atom stereocenters. The van der Waals surface area contributed by atoms with E-state index in [9.17, 15) is 0 Å². The molecule has 0 saturated heterocycles. The van der Waals surface area contributed by atoms with E-state index in [0.717, 1.165) is 5.01 Å². The van der Waals surface area contributed by atoms with Gasteiger partial charge in [0.1, 0.15) is 6.26 Å². The molecule has 0 bridgehead atoms. The molecule has 0 fully saturated rings. The molecule has 1 aliphatic heterocycles. The molecule has 0 saturated carbocycles. The average molecular weight is 97.1 g/mol. The second kappa shape index (κ2) is 1.49. The highest BCUT2D eigenvalue weighted by molar-refractivity contribution is 4.84. The van der Waals surface area contributed by atoms with E-state index >= 15 is 0 Å². The Labute approximate surface area is 40.5 Å². The Bertz CT molecular complexity index is 125. The first-order valence-electron chi connectivity index (χ1n) is 1.70. The van der Waals surface area contributed by atoms with Gasteiger partial charge in [-0.25, -0.2) is 0 Å². The fraction of sp³-hybridized carbons (Fsp3) is 0. The molecule has 0 aromatic rings. The summed E-state index contributed by atoms with van der Waals surface area (Å²) in [4.78, 5) is 4.42. The minimum Gasteiger partial charge on any atom is -0.394 e. The molecule has 0 aliphatic carbocycles. The molecule has 36 valence electrons. The Morgan fingerprint density at radius 2 is 2.71 bits per heavy atom. The van der Waals surface area contributed by atoms with Gasteiger partial charge in [0.25, 0.3) is 0 Å². The molecule has 1 aliphatic rings. The van der Waals surface area contributed by atoms with Crippen molar-refractivity contribution in [1.82, 2.24) is 10.6 Å². The van der Waals surface area contributed by atoms with Gasteiger partial charge in [-0.05, 0) is 0 Å². The van der Waals surface area contributed by atoms with Crippen LogP contribution in [-0.4, -0.2) is 5.01 Å². The lowest BCUT2D eigenvalue weighted by atomic mass is 10.9. The highest BCUT2D eigenvalue weighted by Gasteiger charge is 1.98. The summed E-state index contributed by atoms with van der Waals surface area (Å²) in [6.45, 7) is 0. The van der Waals surface area contributed by atoms with Crippen molar-refractivity contribution >= 4 is 0 Å². The van der Waals surface area contributed by atoms with Crippen molar-refractivity contribution in [2.24, 2.45) is 0 Å². The van der Waals surface area contributed by atoms with Crippen LogP contribution >= 0.6 is 0 Å². The van der Waals surface area contributed by atoms with Crippen LogP contribution in [0.4, 0.5) is 0 Å². The van der Waals surface area contributed by atoms with Crippen LogP contribution in [0.3, 0.4) is 0 Å². The third-order valence-corrected chi connectivity index (χ3v) is 0.537. The predicted molar refractivity (Wildman–Crippen MR) is 20.8 cm³/mol. The monoisotopic (exact) mass is 97.0 g/mol. The number of hydrogen-bond acceptors (Lipinski definition) is 4. The summed E-state index contributed by atoms with van der Waals surface area (Å²) in [5, 5.41) is 9.19. The van der Waals surface area contributed by atoms with Gasteiger partial charge in [0.2, 0.25) is 6.19 Å². The lowest BCUT2D eigenvalue weighted by Crippen LogP contribution is -2.21. The van der Waals surface area contributed by atoms with Gasteiger partial charge >= 0.3 is 0 Å². The smallest absolute Gasteiger partial charge is 0.202 e. The Balaban J connectivity index is 2.47. The Morgan fingerprint density at radius 1 is 1.86 bits per heavy atom. The first-order chi connectivity index (χ1) is 3.43. The molecule has 0 aromatic heterocycles. The second-order valence-electron chi connectivity index (χ2n) is 0.964. The number of hydrogen-bond donors (Lipinski definition) is 1. The number of rotatable bonds is 0. The van der Waals surface area contributed by atoms with Crippen LogP contribution < -0.4 is 5.59 Å². The van der Waals surface area contributed by atoms with Crippen molar-refractivity contribution in [3.05, 3.63) is 12.5 Å². The van der Waals surface area contributed by atoms with Gasteiger partial charge in [0, 0.05) is 0 Å². The van der Waals surface area contributed by atoms with Crippen LogP contribution in [0.5, 0.6) is 0 Å². The van der Waals surface area contributed by atoms with Gasteiger partial charge in [0.05, 0.1) is 6.20 Å². The molecule has 4 heteroatoms. The summed E-state index contributed by atoms with van der Waals surface area (Å²) >= 11 is 0. The molecule has 0 radical (unpaired) electrons. The molecular weight excluding hydrogens is 94.1 g/mol. The van der Waals surface area contributed by atoms with E-state index in [1.807, 2.05) is 0 Å². The number of nitriles is 1. The van der Waals surface area contributed by atoms with Gasteiger partial charge in [-0.2, -0.15) is 10.3 Å². The van der Waals surface area contributed by atoms with Gasteiger partial charge in [-0.3, -0.25) is 0 Å². The highest BCUT2D eigenvalue weighted by Crippen LogP contribution is 1.88. The van der Waals surface area contributed by atoms with Gasteiger partial charge in [-0.15, -0.1) is 0 Å². The van der Waals surface area contributed by atoms with E-state index in [0.29, 0.717) is 0 Å². The van der Waals surface area contributed by atoms with E-state index in [-0.39, 0.29) is 0 Å². The van der Waals surface area contributed by atoms with E-state index in [4.69, 9.17) is 5.26 Å². The lowest BCUT2D eigenvalue weighted by Gasteiger charge is -1.97. The SMILES string of the molecule is N#CN1C=CON1. The van der Waals surface area contributed by atoms with Gasteiger partial charge in [-0.1, -0.05) is 5.59 Å². The minimum absolute atomic E-state index is 1.14. The van der Waals surface area contributed by atoms with Crippen molar-refractivity contribution in [3.8, 4) is 6.19 Å². The van der Waals surface area contributed by atoms with E-state index in [1.54, 1.807) is 6.19 Å². The van der Waals surface area contributed by atoms with E-state index in [1.165, 1.54) is 12.5 Å². The zero-order valence-electron chi connectivity index (χ0n) is 3.46. The largest absolute Gasteiger partial charge is 0.394 e. The first-order valence-corrected chi connectivity index (χ1v) is 1.70. The predicted octanol–water partition coefficient (Wildman–Crippen LogP) is -0.310. The molecule has 0 spiro atoms. The van der Waals surface area contributed by atoms with Crippen LogP contribution in [0, 0.1) is 11.5 Å². The van der Waals surface area contributed by atoms with Crippen LogP contribution in [0.1, 0.15) is 0 Å². The first kappa shape index (κ1) is 3.96. The lowest BCUT2D eigenvalue weighted by molar-refractivity contribution is 0.0691. The summed E-state index contributed by atoms with van der Waals surface area (Å²) < 4.78 is 0. The molecule has 7 heavy (non-hydrogen) atoms. The molecule has 0 amide bonds. The van der Waals surface area contributed by atoms with E-state index in [2.05, 4.69) is 10.4 Å². The van der Waals surface area contributed by atoms with Crippen molar-refractivity contribution in [2.75, 3.05) is 0 Å². The average Bonchev–Trinajstić information content (AvgIpc) is 2.14. The zero-order chi connectivity index (χ0) is 5.11. The fourth-order valence-corrected chi connectivity index (χ4v) is 0.263. The van der Waals surface area contributed by atoms with Crippen LogP contribution in [0.15, 0.2) is 12.5 Å². The maximum absolute atomic E-state index is 8.05. The van der Waals surface area contributed by atoms with Gasteiger partial charge in [0.15, 0.2) is 0 Å². The molecular formula is C3H3N3O. The summed E-state index contributed by atoms with van der Waals surface area (Å²) in [5.74, 6) is 0. The molecule has 1 heterocycles. The number of nitrogens with zero attached hydrogens (tertiary/aromatic N) is 2. The number of nitrogens with one attached hydrogen (secondary N) is 1. The third-order valence-electron chi connectivity index (χ3n) is 0.537. The second-order valence-corrected chi connectivity index (χ2v) is 0.964. The van der Waals surface area contributed by atoms with Crippen molar-refractivity contribution in [3.63, 3.8) is 0 Å². The van der Waals surface area contributed by atoms with Crippen molar-refractivity contribution < 1.29 is 4.84 Å². The normalized spacial score (nSPS) is 16.1. The fourth-order valence-electron chi connectivity index (χ4n) is 0.263. The summed E-state index contributed by atoms with van der Waals surface area (Å²) in [5.41, 5.74) is 2.27. The van der Waals surface area contributed by atoms with Crippen LogP contribution in [-0.2, 0) is 4.84 Å². The summed E-state index contributed by atoms with van der Waals surface area (Å²) in [6, 6.07) is 0. The summed E-state index contributed by atoms with van der Waals surface area (Å²) in [6.07, 6.45) is 4.62. The van der Waals surface area contributed by atoms with Crippen molar-refractivity contribution in [1.29, 1.82) is 5.26 Å². The van der Waals surface area contributed by atoms with Crippen LogP contribution in [0.25, 0.3) is 0 Å². The topological polar surface area (TPSA) is 48.3 Å². The maximum atomic E-state index is 8.05. The Hall–Kier alpha value is -1.21.